The summed E-state index contributed by atoms with van der Waals surface area (Å²) in [6.45, 7) is 3.16. The van der Waals surface area contributed by atoms with Gasteiger partial charge in [0.05, 0.1) is 19.1 Å². The Labute approximate surface area is 84.0 Å². The Morgan fingerprint density at radius 1 is 1.29 bits per heavy atom. The molecule has 2 heterocycles. The highest BCUT2D eigenvalue weighted by Gasteiger charge is 2.27. The minimum absolute atomic E-state index is 0.0260. The number of hydrogen-bond acceptors (Lipinski definition) is 4. The lowest BCUT2D eigenvalue weighted by Gasteiger charge is -2.23. The first-order valence-corrected chi connectivity index (χ1v) is 5.35. The second-order valence-corrected chi connectivity index (χ2v) is 3.94. The third-order valence-electron chi connectivity index (χ3n) is 2.84. The average molecular weight is 199 g/mol. The van der Waals surface area contributed by atoms with E-state index in [1.165, 1.54) is 0 Å². The molecule has 0 amide bonds. The summed E-state index contributed by atoms with van der Waals surface area (Å²) in [6, 6.07) is 0. The van der Waals surface area contributed by atoms with Crippen LogP contribution in [0.3, 0.4) is 0 Å². The topological polar surface area (TPSA) is 47.6 Å². The predicted molar refractivity (Wildman–Crippen MR) is 50.9 cm³/mol. The lowest BCUT2D eigenvalue weighted by atomic mass is 10.1. The zero-order chi connectivity index (χ0) is 9.80. The summed E-state index contributed by atoms with van der Waals surface area (Å²) in [4.78, 5) is 11.6. The first-order valence-electron chi connectivity index (χ1n) is 5.35. The van der Waals surface area contributed by atoms with Crippen LogP contribution in [0.15, 0.2) is 0 Å². The van der Waals surface area contributed by atoms with Gasteiger partial charge in [-0.1, -0.05) is 0 Å². The highest BCUT2D eigenvalue weighted by molar-refractivity contribution is 5.73. The Morgan fingerprint density at radius 2 is 2.07 bits per heavy atom. The molecule has 0 spiro atoms. The van der Waals surface area contributed by atoms with E-state index in [0.717, 1.165) is 45.6 Å². The second kappa shape index (κ2) is 4.75. The average Bonchev–Trinajstić information content (AvgIpc) is 2.72. The van der Waals surface area contributed by atoms with Gasteiger partial charge in [-0.15, -0.1) is 0 Å². The third-order valence-corrected chi connectivity index (χ3v) is 2.84. The van der Waals surface area contributed by atoms with Crippen molar-refractivity contribution in [3.05, 3.63) is 0 Å². The monoisotopic (exact) mass is 199 g/mol. The van der Waals surface area contributed by atoms with E-state index in [1.54, 1.807) is 0 Å². The number of ether oxygens (including phenoxy) is 2. The van der Waals surface area contributed by atoms with Crippen LogP contribution in [0, 0.1) is 5.92 Å². The standard InChI is InChI=1S/C10H17NO3/c12-10(8-1-4-11-7-8)14-9-2-5-13-6-3-9/h8-9,11H,1-7H2. The van der Waals surface area contributed by atoms with Crippen LogP contribution >= 0.6 is 0 Å². The summed E-state index contributed by atoms with van der Waals surface area (Å²) in [7, 11) is 0. The van der Waals surface area contributed by atoms with Crippen molar-refractivity contribution in [3.63, 3.8) is 0 Å². The number of carbonyl (C=O) groups is 1. The fourth-order valence-corrected chi connectivity index (χ4v) is 1.91. The molecular weight excluding hydrogens is 182 g/mol. The molecule has 4 nitrogen and oxygen atoms in total. The molecule has 2 fully saturated rings. The molecule has 0 radical (unpaired) electrons. The summed E-state index contributed by atoms with van der Waals surface area (Å²) in [6.07, 6.45) is 2.72. The minimum atomic E-state index is -0.0260. The zero-order valence-electron chi connectivity index (χ0n) is 8.33. The van der Waals surface area contributed by atoms with Crippen LogP contribution in [0.2, 0.25) is 0 Å². The molecule has 1 N–H and O–H groups in total. The molecule has 2 rings (SSSR count). The first kappa shape index (κ1) is 9.93. The molecule has 1 unspecified atom stereocenters. The quantitative estimate of drug-likeness (QED) is 0.651. The van der Waals surface area contributed by atoms with Gasteiger partial charge >= 0.3 is 5.97 Å². The van der Waals surface area contributed by atoms with Crippen molar-refractivity contribution < 1.29 is 14.3 Å². The van der Waals surface area contributed by atoms with Crippen molar-refractivity contribution in [2.24, 2.45) is 5.92 Å². The first-order chi connectivity index (χ1) is 6.86. The molecular formula is C10H17NO3. The van der Waals surface area contributed by atoms with E-state index < -0.39 is 0 Å². The summed E-state index contributed by atoms with van der Waals surface area (Å²) in [5.41, 5.74) is 0. The summed E-state index contributed by atoms with van der Waals surface area (Å²) < 4.78 is 10.6. The van der Waals surface area contributed by atoms with Gasteiger partial charge in [-0.05, 0) is 13.0 Å². The Hall–Kier alpha value is -0.610. The fraction of sp³-hybridized carbons (Fsp3) is 0.900. The van der Waals surface area contributed by atoms with Crippen molar-refractivity contribution in [3.8, 4) is 0 Å². The fourth-order valence-electron chi connectivity index (χ4n) is 1.91. The molecule has 0 bridgehead atoms. The van der Waals surface area contributed by atoms with Crippen LogP contribution in [-0.4, -0.2) is 38.4 Å². The Morgan fingerprint density at radius 3 is 2.71 bits per heavy atom. The van der Waals surface area contributed by atoms with Gasteiger partial charge < -0.3 is 14.8 Å². The van der Waals surface area contributed by atoms with E-state index in [2.05, 4.69) is 5.32 Å². The van der Waals surface area contributed by atoms with E-state index in [9.17, 15) is 4.79 Å². The lowest BCUT2D eigenvalue weighted by Crippen LogP contribution is -2.30. The normalized spacial score (nSPS) is 29.0. The summed E-state index contributed by atoms with van der Waals surface area (Å²) in [5.74, 6) is 0.0553. The molecule has 2 aliphatic heterocycles. The van der Waals surface area contributed by atoms with Crippen molar-refractivity contribution in [2.75, 3.05) is 26.3 Å². The van der Waals surface area contributed by atoms with Gasteiger partial charge in [0, 0.05) is 19.4 Å². The van der Waals surface area contributed by atoms with E-state index in [0.29, 0.717) is 0 Å². The molecule has 0 aromatic rings. The second-order valence-electron chi connectivity index (χ2n) is 3.94. The maximum absolute atomic E-state index is 11.6. The van der Waals surface area contributed by atoms with E-state index >= 15 is 0 Å². The van der Waals surface area contributed by atoms with Crippen LogP contribution in [0.5, 0.6) is 0 Å². The van der Waals surface area contributed by atoms with Crippen molar-refractivity contribution in [1.29, 1.82) is 0 Å². The number of hydrogen-bond donors (Lipinski definition) is 1. The van der Waals surface area contributed by atoms with Crippen LogP contribution < -0.4 is 5.32 Å². The van der Waals surface area contributed by atoms with Crippen molar-refractivity contribution in [2.45, 2.75) is 25.4 Å². The smallest absolute Gasteiger partial charge is 0.310 e. The number of rotatable bonds is 2. The highest BCUT2D eigenvalue weighted by Crippen LogP contribution is 2.15. The molecule has 2 aliphatic rings. The third kappa shape index (κ3) is 2.45. The van der Waals surface area contributed by atoms with Crippen molar-refractivity contribution in [1.82, 2.24) is 5.32 Å². The van der Waals surface area contributed by atoms with Crippen LogP contribution in [0.25, 0.3) is 0 Å². The van der Waals surface area contributed by atoms with E-state index in [-0.39, 0.29) is 18.0 Å². The molecule has 2 saturated heterocycles. The molecule has 0 aromatic heterocycles. The summed E-state index contributed by atoms with van der Waals surface area (Å²) in [5, 5.41) is 3.16. The molecule has 1 atom stereocenters. The maximum atomic E-state index is 11.6. The molecule has 0 aromatic carbocycles. The van der Waals surface area contributed by atoms with E-state index in [1.807, 2.05) is 0 Å². The molecule has 4 heteroatoms. The van der Waals surface area contributed by atoms with Gasteiger partial charge in [0.1, 0.15) is 6.10 Å². The van der Waals surface area contributed by atoms with Crippen LogP contribution in [0.4, 0.5) is 0 Å². The van der Waals surface area contributed by atoms with E-state index in [4.69, 9.17) is 9.47 Å². The Bertz CT molecular complexity index is 196. The van der Waals surface area contributed by atoms with Crippen LogP contribution in [-0.2, 0) is 14.3 Å². The molecule has 80 valence electrons. The maximum Gasteiger partial charge on any atom is 0.310 e. The molecule has 0 aliphatic carbocycles. The number of esters is 1. The number of nitrogens with one attached hydrogen (secondary N) is 1. The zero-order valence-corrected chi connectivity index (χ0v) is 8.33. The number of carbonyl (C=O) groups excluding carboxylic acids is 1. The largest absolute Gasteiger partial charge is 0.462 e. The minimum Gasteiger partial charge on any atom is -0.462 e. The van der Waals surface area contributed by atoms with Crippen molar-refractivity contribution >= 4 is 5.97 Å². The Kier molecular flexibility index (Phi) is 3.37. The molecule has 0 saturated carbocycles. The van der Waals surface area contributed by atoms with Gasteiger partial charge in [-0.3, -0.25) is 4.79 Å². The SMILES string of the molecule is O=C(OC1CCOCC1)C1CCNC1. The molecule has 14 heavy (non-hydrogen) atoms. The van der Waals surface area contributed by atoms with Gasteiger partial charge in [0.2, 0.25) is 0 Å². The van der Waals surface area contributed by atoms with Gasteiger partial charge in [-0.25, -0.2) is 0 Å². The Balaban J connectivity index is 1.75. The summed E-state index contributed by atoms with van der Waals surface area (Å²) >= 11 is 0. The van der Waals surface area contributed by atoms with Gasteiger partial charge in [0.15, 0.2) is 0 Å². The van der Waals surface area contributed by atoms with Gasteiger partial charge in [-0.2, -0.15) is 0 Å². The van der Waals surface area contributed by atoms with Crippen LogP contribution in [0.1, 0.15) is 19.3 Å². The highest BCUT2D eigenvalue weighted by atomic mass is 16.6. The lowest BCUT2D eigenvalue weighted by molar-refractivity contribution is -0.157. The van der Waals surface area contributed by atoms with Gasteiger partial charge in [0.25, 0.3) is 0 Å². The predicted octanol–water partition coefficient (Wildman–Crippen LogP) is 0.318.